The summed E-state index contributed by atoms with van der Waals surface area (Å²) in [6, 6.07) is 11.5. The van der Waals surface area contributed by atoms with Crippen LogP contribution >= 0.6 is 0 Å². The van der Waals surface area contributed by atoms with E-state index in [0.717, 1.165) is 18.2 Å². The first-order valence-electron chi connectivity index (χ1n) is 12.6. The van der Waals surface area contributed by atoms with E-state index in [-0.39, 0.29) is 50.6 Å². The summed E-state index contributed by atoms with van der Waals surface area (Å²) in [4.78, 5) is 27.9. The third-order valence-corrected chi connectivity index (χ3v) is 7.65. The number of methoxy groups -OCH3 is 1. The highest BCUT2D eigenvalue weighted by Gasteiger charge is 2.28. The van der Waals surface area contributed by atoms with Gasteiger partial charge in [-0.3, -0.25) is 13.9 Å². The number of fused-ring (bicyclic) bond motifs is 1. The summed E-state index contributed by atoms with van der Waals surface area (Å²) < 4.78 is 42.4. The lowest BCUT2D eigenvalue weighted by molar-refractivity contribution is -0.140. The van der Waals surface area contributed by atoms with Gasteiger partial charge in [-0.1, -0.05) is 19.1 Å². The van der Waals surface area contributed by atoms with E-state index in [1.165, 1.54) is 9.21 Å². The van der Waals surface area contributed by atoms with Crippen LogP contribution in [-0.4, -0.2) is 63.9 Å². The minimum Gasteiger partial charge on any atom is -0.497 e. The standard InChI is InChI=1S/C27H37N3O7S/c1-6-19(2)28-27(32)20(3)29(17-21-9-7-10-23(15-21)35-4)26(31)11-8-14-30(38(5,33)34)22-12-13-24-25(16-22)37-18-36-24/h7,9-10,12-13,15-16,19-20H,6,8,11,14,17-18H2,1-5H3,(H,28,32)/t19-,20+/m1/s1. The summed E-state index contributed by atoms with van der Waals surface area (Å²) in [5.74, 6) is 1.18. The number of hydrogen-bond acceptors (Lipinski definition) is 7. The fourth-order valence-corrected chi connectivity index (χ4v) is 5.02. The van der Waals surface area contributed by atoms with Crippen LogP contribution in [0.4, 0.5) is 5.69 Å². The number of sulfonamides is 1. The molecule has 0 radical (unpaired) electrons. The second-order valence-corrected chi connectivity index (χ2v) is 11.3. The van der Waals surface area contributed by atoms with Gasteiger partial charge in [0.05, 0.1) is 19.1 Å². The maximum atomic E-state index is 13.4. The van der Waals surface area contributed by atoms with Crippen LogP contribution in [0, 0.1) is 0 Å². The van der Waals surface area contributed by atoms with Crippen molar-refractivity contribution in [1.82, 2.24) is 10.2 Å². The first-order valence-corrected chi connectivity index (χ1v) is 14.5. The normalized spacial score (nSPS) is 13.9. The predicted octanol–water partition coefficient (Wildman–Crippen LogP) is 3.30. The second-order valence-electron chi connectivity index (χ2n) is 9.34. The fraction of sp³-hybridized carbons (Fsp3) is 0.481. The minimum absolute atomic E-state index is 0.0243. The summed E-state index contributed by atoms with van der Waals surface area (Å²) in [5, 5.41) is 2.94. The van der Waals surface area contributed by atoms with E-state index in [9.17, 15) is 18.0 Å². The molecule has 0 fully saturated rings. The van der Waals surface area contributed by atoms with E-state index in [1.807, 2.05) is 38.1 Å². The SMILES string of the molecule is CC[C@@H](C)NC(=O)[C@H](C)N(Cc1cccc(OC)c1)C(=O)CCCN(c1ccc2c(c1)OCO2)S(C)(=O)=O. The molecule has 1 heterocycles. The third-order valence-electron chi connectivity index (χ3n) is 6.45. The molecule has 0 saturated carbocycles. The number of anilines is 1. The molecule has 1 N–H and O–H groups in total. The molecule has 2 atom stereocenters. The number of ether oxygens (including phenoxy) is 3. The summed E-state index contributed by atoms with van der Waals surface area (Å²) in [6.07, 6.45) is 2.20. The Labute approximate surface area is 224 Å². The van der Waals surface area contributed by atoms with Crippen LogP contribution < -0.4 is 23.8 Å². The quantitative estimate of drug-likeness (QED) is 0.409. The molecule has 1 aliphatic rings. The molecule has 2 amide bonds. The van der Waals surface area contributed by atoms with Crippen LogP contribution in [-0.2, 0) is 26.2 Å². The van der Waals surface area contributed by atoms with E-state index >= 15 is 0 Å². The summed E-state index contributed by atoms with van der Waals surface area (Å²) >= 11 is 0. The van der Waals surface area contributed by atoms with Crippen molar-refractivity contribution in [2.45, 2.75) is 58.7 Å². The summed E-state index contributed by atoms with van der Waals surface area (Å²) in [5.41, 5.74) is 1.25. The van der Waals surface area contributed by atoms with Gasteiger partial charge >= 0.3 is 0 Å². The third kappa shape index (κ3) is 7.53. The highest BCUT2D eigenvalue weighted by molar-refractivity contribution is 7.92. The van der Waals surface area contributed by atoms with Crippen LogP contribution in [0.15, 0.2) is 42.5 Å². The Morgan fingerprint density at radius 2 is 1.84 bits per heavy atom. The average Bonchev–Trinajstić information content (AvgIpc) is 3.36. The van der Waals surface area contributed by atoms with Crippen LogP contribution in [0.1, 0.15) is 45.6 Å². The van der Waals surface area contributed by atoms with Crippen molar-refractivity contribution in [2.75, 3.05) is 31.0 Å². The number of carbonyl (C=O) groups excluding carboxylic acids is 2. The van der Waals surface area contributed by atoms with Gasteiger partial charge < -0.3 is 24.4 Å². The van der Waals surface area contributed by atoms with Gasteiger partial charge in [-0.05, 0) is 56.5 Å². The van der Waals surface area contributed by atoms with Crippen LogP contribution in [0.3, 0.4) is 0 Å². The van der Waals surface area contributed by atoms with Gasteiger partial charge in [-0.15, -0.1) is 0 Å². The number of rotatable bonds is 13. The van der Waals surface area contributed by atoms with Gasteiger partial charge in [0.25, 0.3) is 0 Å². The Balaban J connectivity index is 1.74. The predicted molar refractivity (Wildman–Crippen MR) is 145 cm³/mol. The van der Waals surface area contributed by atoms with E-state index in [1.54, 1.807) is 32.2 Å². The van der Waals surface area contributed by atoms with Crippen LogP contribution in [0.5, 0.6) is 17.2 Å². The van der Waals surface area contributed by atoms with Gasteiger partial charge in [-0.2, -0.15) is 0 Å². The zero-order valence-corrected chi connectivity index (χ0v) is 23.4. The molecule has 0 saturated heterocycles. The molecule has 10 nitrogen and oxygen atoms in total. The van der Waals surface area contributed by atoms with E-state index in [2.05, 4.69) is 5.32 Å². The van der Waals surface area contributed by atoms with Gasteiger partial charge in [-0.25, -0.2) is 8.42 Å². The van der Waals surface area contributed by atoms with Gasteiger partial charge in [0, 0.05) is 31.6 Å². The molecule has 11 heteroatoms. The van der Waals surface area contributed by atoms with Crippen molar-refractivity contribution in [1.29, 1.82) is 0 Å². The number of benzene rings is 2. The largest absolute Gasteiger partial charge is 0.497 e. The van der Waals surface area contributed by atoms with Crippen molar-refractivity contribution in [3.63, 3.8) is 0 Å². The van der Waals surface area contributed by atoms with Crippen molar-refractivity contribution in [3.8, 4) is 17.2 Å². The first-order chi connectivity index (χ1) is 18.0. The summed E-state index contributed by atoms with van der Waals surface area (Å²) in [6.45, 7) is 5.97. The molecule has 0 unspecified atom stereocenters. The Kier molecular flexibility index (Phi) is 9.84. The maximum absolute atomic E-state index is 13.4. The van der Waals surface area contributed by atoms with Crippen molar-refractivity contribution in [2.24, 2.45) is 0 Å². The summed E-state index contributed by atoms with van der Waals surface area (Å²) in [7, 11) is -2.05. The smallest absolute Gasteiger partial charge is 0.242 e. The van der Waals surface area contributed by atoms with E-state index in [4.69, 9.17) is 14.2 Å². The Bertz CT molecular complexity index is 1230. The topological polar surface area (TPSA) is 114 Å². The molecule has 38 heavy (non-hydrogen) atoms. The Hall–Kier alpha value is -3.47. The highest BCUT2D eigenvalue weighted by Crippen LogP contribution is 2.36. The fourth-order valence-electron chi connectivity index (χ4n) is 4.06. The van der Waals surface area contributed by atoms with Gasteiger partial charge in [0.15, 0.2) is 11.5 Å². The molecular formula is C27H37N3O7S. The Morgan fingerprint density at radius 3 is 2.53 bits per heavy atom. The number of amides is 2. The van der Waals surface area contributed by atoms with Crippen molar-refractivity contribution < 1.29 is 32.2 Å². The zero-order chi connectivity index (χ0) is 27.9. The molecule has 2 aromatic carbocycles. The molecule has 3 rings (SSSR count). The minimum atomic E-state index is -3.62. The molecule has 208 valence electrons. The lowest BCUT2D eigenvalue weighted by Crippen LogP contribution is -2.49. The van der Waals surface area contributed by atoms with E-state index < -0.39 is 16.1 Å². The lowest BCUT2D eigenvalue weighted by Gasteiger charge is -2.30. The second kappa shape index (κ2) is 12.9. The van der Waals surface area contributed by atoms with Crippen molar-refractivity contribution in [3.05, 3.63) is 48.0 Å². The molecular weight excluding hydrogens is 510 g/mol. The molecule has 0 aliphatic carbocycles. The highest BCUT2D eigenvalue weighted by atomic mass is 32.2. The number of nitrogens with one attached hydrogen (secondary N) is 1. The zero-order valence-electron chi connectivity index (χ0n) is 22.6. The average molecular weight is 548 g/mol. The number of hydrogen-bond donors (Lipinski definition) is 1. The van der Waals surface area contributed by atoms with Crippen LogP contribution in [0.2, 0.25) is 0 Å². The molecule has 2 aromatic rings. The molecule has 0 spiro atoms. The van der Waals surface area contributed by atoms with Gasteiger partial charge in [0.1, 0.15) is 11.8 Å². The van der Waals surface area contributed by atoms with E-state index in [0.29, 0.717) is 22.9 Å². The van der Waals surface area contributed by atoms with Crippen molar-refractivity contribution >= 4 is 27.5 Å². The van der Waals surface area contributed by atoms with Gasteiger partial charge in [0.2, 0.25) is 28.6 Å². The maximum Gasteiger partial charge on any atom is 0.242 e. The van der Waals surface area contributed by atoms with Crippen LogP contribution in [0.25, 0.3) is 0 Å². The molecule has 0 bridgehead atoms. The molecule has 1 aliphatic heterocycles. The molecule has 0 aromatic heterocycles. The Morgan fingerprint density at radius 1 is 1.11 bits per heavy atom. The first kappa shape index (κ1) is 29.1. The lowest BCUT2D eigenvalue weighted by atomic mass is 10.1. The number of carbonyl (C=O) groups is 2. The number of nitrogens with zero attached hydrogens (tertiary/aromatic N) is 2. The monoisotopic (exact) mass is 547 g/mol.